The molecule has 0 atom stereocenters. The van der Waals surface area contributed by atoms with Gasteiger partial charge in [-0.1, -0.05) is 5.57 Å². The first-order valence-corrected chi connectivity index (χ1v) is 4.14. The molecule has 0 spiro atoms. The number of hydrogen-bond acceptors (Lipinski definition) is 2. The van der Waals surface area contributed by atoms with Crippen LogP contribution in [0.5, 0.6) is 0 Å². The van der Waals surface area contributed by atoms with E-state index in [9.17, 15) is 0 Å². The lowest BCUT2D eigenvalue weighted by molar-refractivity contribution is 0.135. The maximum absolute atomic E-state index is 5.35. The third kappa shape index (κ3) is 9.66. The van der Waals surface area contributed by atoms with Crippen molar-refractivity contribution in [3.63, 3.8) is 0 Å². The topological polar surface area (TPSA) is 21.3 Å². The van der Waals surface area contributed by atoms with Crippen LogP contribution in [0.15, 0.2) is 12.2 Å². The SMILES string of the molecule is C=C(C)CCOCCCNC. The molecule has 0 heterocycles. The second-order valence-electron chi connectivity index (χ2n) is 2.78. The molecule has 0 aliphatic carbocycles. The summed E-state index contributed by atoms with van der Waals surface area (Å²) in [6.45, 7) is 8.53. The molecule has 1 N–H and O–H groups in total. The highest BCUT2D eigenvalue weighted by molar-refractivity contribution is 4.86. The van der Waals surface area contributed by atoms with Gasteiger partial charge in [0.05, 0.1) is 6.61 Å². The van der Waals surface area contributed by atoms with Gasteiger partial charge in [-0.2, -0.15) is 0 Å². The number of rotatable bonds is 7. The lowest BCUT2D eigenvalue weighted by Gasteiger charge is -2.02. The van der Waals surface area contributed by atoms with Crippen molar-refractivity contribution in [2.24, 2.45) is 0 Å². The smallest absolute Gasteiger partial charge is 0.0502 e. The van der Waals surface area contributed by atoms with Crippen molar-refractivity contribution < 1.29 is 4.74 Å². The van der Waals surface area contributed by atoms with Crippen molar-refractivity contribution in [2.75, 3.05) is 26.8 Å². The summed E-state index contributed by atoms with van der Waals surface area (Å²) in [5.41, 5.74) is 1.19. The summed E-state index contributed by atoms with van der Waals surface area (Å²) in [6, 6.07) is 0. The van der Waals surface area contributed by atoms with Gasteiger partial charge in [-0.05, 0) is 33.4 Å². The molecule has 0 aliphatic heterocycles. The molecule has 0 aromatic rings. The van der Waals surface area contributed by atoms with Gasteiger partial charge < -0.3 is 10.1 Å². The van der Waals surface area contributed by atoms with Crippen molar-refractivity contribution in [3.05, 3.63) is 12.2 Å². The van der Waals surface area contributed by atoms with Crippen LogP contribution >= 0.6 is 0 Å². The minimum absolute atomic E-state index is 0.818. The van der Waals surface area contributed by atoms with Crippen LogP contribution in [-0.2, 0) is 4.74 Å². The van der Waals surface area contributed by atoms with Crippen LogP contribution in [-0.4, -0.2) is 26.8 Å². The largest absolute Gasteiger partial charge is 0.381 e. The van der Waals surface area contributed by atoms with Crippen molar-refractivity contribution in [1.82, 2.24) is 5.32 Å². The molecule has 0 amide bonds. The molecule has 0 bridgehead atoms. The molecule has 11 heavy (non-hydrogen) atoms. The quantitative estimate of drug-likeness (QED) is 0.447. The Morgan fingerprint density at radius 2 is 2.18 bits per heavy atom. The third-order valence-corrected chi connectivity index (χ3v) is 1.39. The Morgan fingerprint density at radius 1 is 1.45 bits per heavy atom. The molecule has 0 aliphatic rings. The van der Waals surface area contributed by atoms with E-state index < -0.39 is 0 Å². The van der Waals surface area contributed by atoms with Gasteiger partial charge in [-0.15, -0.1) is 6.58 Å². The summed E-state index contributed by atoms with van der Waals surface area (Å²) >= 11 is 0. The Labute approximate surface area is 69.6 Å². The van der Waals surface area contributed by atoms with Crippen LogP contribution in [0.1, 0.15) is 19.8 Å². The van der Waals surface area contributed by atoms with Crippen LogP contribution in [0.4, 0.5) is 0 Å². The third-order valence-electron chi connectivity index (χ3n) is 1.39. The molecule has 0 rings (SSSR count). The predicted octanol–water partition coefficient (Wildman–Crippen LogP) is 1.58. The average molecular weight is 157 g/mol. The van der Waals surface area contributed by atoms with Gasteiger partial charge in [0, 0.05) is 6.61 Å². The summed E-state index contributed by atoms with van der Waals surface area (Å²) in [5.74, 6) is 0. The summed E-state index contributed by atoms with van der Waals surface area (Å²) in [4.78, 5) is 0. The van der Waals surface area contributed by atoms with Crippen molar-refractivity contribution in [1.29, 1.82) is 0 Å². The minimum Gasteiger partial charge on any atom is -0.381 e. The van der Waals surface area contributed by atoms with Crippen molar-refractivity contribution >= 4 is 0 Å². The molecular formula is C9H19NO. The highest BCUT2D eigenvalue weighted by atomic mass is 16.5. The van der Waals surface area contributed by atoms with E-state index in [0.29, 0.717) is 0 Å². The van der Waals surface area contributed by atoms with E-state index in [0.717, 1.165) is 32.6 Å². The standard InChI is InChI=1S/C9H19NO/c1-9(2)5-8-11-7-4-6-10-3/h10H,1,4-8H2,2-3H3. The molecule has 0 aromatic carbocycles. The number of nitrogens with one attached hydrogen (secondary N) is 1. The molecule has 0 fully saturated rings. The van der Waals surface area contributed by atoms with Gasteiger partial charge >= 0.3 is 0 Å². The van der Waals surface area contributed by atoms with E-state index in [1.165, 1.54) is 5.57 Å². The normalized spacial score (nSPS) is 10.0. The van der Waals surface area contributed by atoms with Gasteiger partial charge in [0.1, 0.15) is 0 Å². The summed E-state index contributed by atoms with van der Waals surface area (Å²) < 4.78 is 5.35. The van der Waals surface area contributed by atoms with Gasteiger partial charge in [0.15, 0.2) is 0 Å². The lowest BCUT2D eigenvalue weighted by Crippen LogP contribution is -2.10. The fraction of sp³-hybridized carbons (Fsp3) is 0.778. The molecule has 2 nitrogen and oxygen atoms in total. The van der Waals surface area contributed by atoms with Crippen LogP contribution in [0.25, 0.3) is 0 Å². The Balaban J connectivity index is 2.85. The number of hydrogen-bond donors (Lipinski definition) is 1. The second kappa shape index (κ2) is 7.76. The summed E-state index contributed by atoms with van der Waals surface area (Å²) in [5, 5.41) is 3.07. The molecule has 0 unspecified atom stereocenters. The van der Waals surface area contributed by atoms with Crippen LogP contribution < -0.4 is 5.32 Å². The maximum Gasteiger partial charge on any atom is 0.0502 e. The minimum atomic E-state index is 0.818. The van der Waals surface area contributed by atoms with Crippen LogP contribution in [0.3, 0.4) is 0 Å². The van der Waals surface area contributed by atoms with E-state index in [2.05, 4.69) is 11.9 Å². The molecule has 66 valence electrons. The molecule has 2 heteroatoms. The maximum atomic E-state index is 5.35. The highest BCUT2D eigenvalue weighted by Gasteiger charge is 1.88. The Bertz CT molecular complexity index is 102. The average Bonchev–Trinajstić information content (AvgIpc) is 1.96. The first-order valence-electron chi connectivity index (χ1n) is 4.14. The van der Waals surface area contributed by atoms with Crippen LogP contribution in [0, 0.1) is 0 Å². The Morgan fingerprint density at radius 3 is 2.73 bits per heavy atom. The summed E-state index contributed by atoms with van der Waals surface area (Å²) in [6.07, 6.45) is 2.08. The Hall–Kier alpha value is -0.340. The van der Waals surface area contributed by atoms with Gasteiger partial charge in [0.25, 0.3) is 0 Å². The number of ether oxygens (including phenoxy) is 1. The molecule has 0 saturated heterocycles. The highest BCUT2D eigenvalue weighted by Crippen LogP contribution is 1.95. The van der Waals surface area contributed by atoms with E-state index in [-0.39, 0.29) is 0 Å². The molecular weight excluding hydrogens is 138 g/mol. The zero-order valence-corrected chi connectivity index (χ0v) is 7.65. The Kier molecular flexibility index (Phi) is 7.52. The lowest BCUT2D eigenvalue weighted by atomic mass is 10.3. The molecule has 0 radical (unpaired) electrons. The van der Waals surface area contributed by atoms with Gasteiger partial charge in [-0.25, -0.2) is 0 Å². The second-order valence-corrected chi connectivity index (χ2v) is 2.78. The predicted molar refractivity (Wildman–Crippen MR) is 48.8 cm³/mol. The first kappa shape index (κ1) is 10.7. The van der Waals surface area contributed by atoms with E-state index in [1.54, 1.807) is 0 Å². The van der Waals surface area contributed by atoms with Gasteiger partial charge in [-0.3, -0.25) is 0 Å². The molecule has 0 aromatic heterocycles. The molecule has 0 saturated carbocycles. The monoisotopic (exact) mass is 157 g/mol. The zero-order chi connectivity index (χ0) is 8.53. The summed E-state index contributed by atoms with van der Waals surface area (Å²) in [7, 11) is 1.95. The van der Waals surface area contributed by atoms with Crippen molar-refractivity contribution in [3.8, 4) is 0 Å². The fourth-order valence-corrected chi connectivity index (χ4v) is 0.699. The first-order chi connectivity index (χ1) is 5.27. The van der Waals surface area contributed by atoms with Crippen LogP contribution in [0.2, 0.25) is 0 Å². The van der Waals surface area contributed by atoms with E-state index in [4.69, 9.17) is 4.74 Å². The zero-order valence-electron chi connectivity index (χ0n) is 7.65. The van der Waals surface area contributed by atoms with Crippen molar-refractivity contribution in [2.45, 2.75) is 19.8 Å². The van der Waals surface area contributed by atoms with E-state index in [1.807, 2.05) is 14.0 Å². The van der Waals surface area contributed by atoms with E-state index >= 15 is 0 Å². The fourth-order valence-electron chi connectivity index (χ4n) is 0.699. The van der Waals surface area contributed by atoms with Gasteiger partial charge in [0.2, 0.25) is 0 Å².